The minimum Gasteiger partial charge on any atom is -0.353 e. The second kappa shape index (κ2) is 8.12. The number of hydrogen-bond acceptors (Lipinski definition) is 4. The van der Waals surface area contributed by atoms with Gasteiger partial charge in [-0.15, -0.1) is 0 Å². The number of rotatable bonds is 3. The van der Waals surface area contributed by atoms with Crippen molar-refractivity contribution in [2.75, 3.05) is 24.5 Å². The van der Waals surface area contributed by atoms with Crippen LogP contribution in [0.25, 0.3) is 6.08 Å². The second-order valence-corrected chi connectivity index (χ2v) is 7.67. The Balaban J connectivity index is 1.47. The molecule has 0 spiro atoms. The summed E-state index contributed by atoms with van der Waals surface area (Å²) in [6.45, 7) is 2.84. The van der Waals surface area contributed by atoms with Gasteiger partial charge in [0.05, 0.1) is 5.56 Å². The molecule has 2 aromatic rings. The molecule has 1 aromatic carbocycles. The fourth-order valence-electron chi connectivity index (χ4n) is 4.26. The van der Waals surface area contributed by atoms with Crippen molar-refractivity contribution < 1.29 is 0 Å². The number of nitrogens with zero attached hydrogens (tertiary/aromatic N) is 4. The van der Waals surface area contributed by atoms with E-state index in [0.29, 0.717) is 17.6 Å². The monoisotopic (exact) mass is 378 g/mol. The summed E-state index contributed by atoms with van der Waals surface area (Å²) in [5.74, 6) is 0.830. The van der Waals surface area contributed by atoms with Gasteiger partial charge < -0.3 is 4.90 Å². The highest BCUT2D eigenvalue weighted by molar-refractivity contribution is 6.30. The fraction of sp³-hybridized carbons (Fsp3) is 0.364. The van der Waals surface area contributed by atoms with Crippen LogP contribution < -0.4 is 4.90 Å². The van der Waals surface area contributed by atoms with E-state index in [4.69, 9.17) is 11.6 Å². The van der Waals surface area contributed by atoms with Gasteiger partial charge in [-0.05, 0) is 49.1 Å². The normalized spacial score (nSPS) is 23.2. The minimum atomic E-state index is 0.462. The van der Waals surface area contributed by atoms with Crippen LogP contribution >= 0.6 is 11.6 Å². The van der Waals surface area contributed by atoms with Gasteiger partial charge in [0.25, 0.3) is 0 Å². The summed E-state index contributed by atoms with van der Waals surface area (Å²) in [5, 5.41) is 10.1. The topological polar surface area (TPSA) is 43.2 Å². The molecule has 0 aliphatic carbocycles. The Morgan fingerprint density at radius 1 is 1.19 bits per heavy atom. The number of anilines is 1. The maximum atomic E-state index is 9.38. The van der Waals surface area contributed by atoms with Gasteiger partial charge >= 0.3 is 0 Å². The predicted octanol–water partition coefficient (Wildman–Crippen LogP) is 4.36. The Bertz CT molecular complexity index is 873. The first-order valence-electron chi connectivity index (χ1n) is 9.54. The summed E-state index contributed by atoms with van der Waals surface area (Å²) in [7, 11) is 0. The third-order valence-corrected chi connectivity index (χ3v) is 5.79. The fourth-order valence-corrected chi connectivity index (χ4v) is 4.46. The molecule has 0 unspecified atom stereocenters. The Kier molecular flexibility index (Phi) is 5.42. The largest absolute Gasteiger partial charge is 0.353 e. The molecule has 4 rings (SSSR count). The number of hydrogen-bond donors (Lipinski definition) is 0. The van der Waals surface area contributed by atoms with Gasteiger partial charge in [-0.2, -0.15) is 5.26 Å². The van der Waals surface area contributed by atoms with Crippen LogP contribution in [0, 0.1) is 11.3 Å². The third-order valence-electron chi connectivity index (χ3n) is 5.56. The maximum Gasteiger partial charge on any atom is 0.146 e. The lowest BCUT2D eigenvalue weighted by atomic mass is 9.92. The summed E-state index contributed by atoms with van der Waals surface area (Å²) in [4.78, 5) is 9.37. The van der Waals surface area contributed by atoms with E-state index in [0.717, 1.165) is 36.0 Å². The number of aromatic nitrogens is 1. The molecule has 0 radical (unpaired) electrons. The Morgan fingerprint density at radius 2 is 2.11 bits per heavy atom. The van der Waals surface area contributed by atoms with Crippen molar-refractivity contribution >= 4 is 23.5 Å². The molecule has 27 heavy (non-hydrogen) atoms. The summed E-state index contributed by atoms with van der Waals surface area (Å²) in [6.07, 6.45) is 9.92. The number of nitriles is 1. The SMILES string of the molecule is N#Cc1cccnc1N1CCN2[C@@H](CCC[C@@H]2/C=C/c2cccc(Cl)c2)C1. The Labute approximate surface area is 165 Å². The molecule has 0 amide bonds. The molecule has 3 heterocycles. The number of piperidine rings is 1. The predicted molar refractivity (Wildman–Crippen MR) is 110 cm³/mol. The van der Waals surface area contributed by atoms with Crippen LogP contribution in [0.2, 0.25) is 5.02 Å². The van der Waals surface area contributed by atoms with Crippen LogP contribution in [0.4, 0.5) is 5.82 Å². The zero-order valence-corrected chi connectivity index (χ0v) is 16.0. The number of pyridine rings is 1. The number of benzene rings is 1. The van der Waals surface area contributed by atoms with E-state index >= 15 is 0 Å². The van der Waals surface area contributed by atoms with Crippen molar-refractivity contribution in [1.82, 2.24) is 9.88 Å². The molecule has 4 nitrogen and oxygen atoms in total. The van der Waals surface area contributed by atoms with Gasteiger partial charge in [0, 0.05) is 42.9 Å². The van der Waals surface area contributed by atoms with Crippen molar-refractivity contribution in [3.63, 3.8) is 0 Å². The van der Waals surface area contributed by atoms with Crippen molar-refractivity contribution in [3.8, 4) is 6.07 Å². The van der Waals surface area contributed by atoms with Crippen LogP contribution in [0.5, 0.6) is 0 Å². The first-order valence-corrected chi connectivity index (χ1v) is 9.92. The Hall–Kier alpha value is -2.35. The second-order valence-electron chi connectivity index (χ2n) is 7.24. The molecule has 2 atom stereocenters. The molecule has 2 saturated heterocycles. The number of piperazine rings is 1. The first-order chi connectivity index (χ1) is 13.2. The van der Waals surface area contributed by atoms with Crippen molar-refractivity contribution in [2.45, 2.75) is 31.3 Å². The number of halogens is 1. The lowest BCUT2D eigenvalue weighted by Gasteiger charge is -2.48. The number of fused-ring (bicyclic) bond motifs is 1. The van der Waals surface area contributed by atoms with Crippen molar-refractivity contribution in [2.24, 2.45) is 0 Å². The third kappa shape index (κ3) is 4.00. The smallest absolute Gasteiger partial charge is 0.146 e. The van der Waals surface area contributed by atoms with Gasteiger partial charge in [0.15, 0.2) is 0 Å². The summed E-state index contributed by atoms with van der Waals surface area (Å²) < 4.78 is 0. The lowest BCUT2D eigenvalue weighted by molar-refractivity contribution is 0.0962. The average molecular weight is 379 g/mol. The van der Waals surface area contributed by atoms with Crippen LogP contribution in [0.1, 0.15) is 30.4 Å². The van der Waals surface area contributed by atoms with Gasteiger partial charge in [-0.1, -0.05) is 35.9 Å². The molecule has 0 saturated carbocycles. The lowest BCUT2D eigenvalue weighted by Crippen LogP contribution is -2.58. The summed E-state index contributed by atoms with van der Waals surface area (Å²) >= 11 is 6.10. The van der Waals surface area contributed by atoms with Crippen LogP contribution in [-0.2, 0) is 0 Å². The van der Waals surface area contributed by atoms with Crippen LogP contribution in [0.15, 0.2) is 48.7 Å². The zero-order chi connectivity index (χ0) is 18.6. The highest BCUT2D eigenvalue weighted by Gasteiger charge is 2.34. The van der Waals surface area contributed by atoms with Gasteiger partial charge in [0.2, 0.25) is 0 Å². The molecular weight excluding hydrogens is 356 g/mol. The van der Waals surface area contributed by atoms with E-state index in [2.05, 4.69) is 39.1 Å². The molecule has 0 bridgehead atoms. The molecule has 138 valence electrons. The molecule has 2 aliphatic rings. The standard InChI is InChI=1S/C22H23ClN4/c23-19-6-1-4-17(14-19)9-10-20-7-2-8-21-16-26(12-13-27(20)21)22-18(15-24)5-3-11-25-22/h1,3-6,9-11,14,20-21H,2,7-8,12-13,16H2/b10-9+/t20-,21+/m1/s1. The first kappa shape index (κ1) is 18.0. The van der Waals surface area contributed by atoms with E-state index in [1.54, 1.807) is 6.20 Å². The summed E-state index contributed by atoms with van der Waals surface area (Å²) in [6, 6.07) is 14.9. The van der Waals surface area contributed by atoms with Crippen molar-refractivity contribution in [3.05, 3.63) is 64.8 Å². The average Bonchev–Trinajstić information content (AvgIpc) is 2.71. The van der Waals surface area contributed by atoms with Gasteiger partial charge in [-0.3, -0.25) is 4.90 Å². The van der Waals surface area contributed by atoms with Gasteiger partial charge in [0.1, 0.15) is 11.9 Å². The molecule has 2 fully saturated rings. The minimum absolute atomic E-state index is 0.462. The zero-order valence-electron chi connectivity index (χ0n) is 15.3. The van der Waals surface area contributed by atoms with Crippen LogP contribution in [-0.4, -0.2) is 41.6 Å². The maximum absolute atomic E-state index is 9.38. The van der Waals surface area contributed by atoms with E-state index in [1.807, 2.05) is 30.3 Å². The van der Waals surface area contributed by atoms with E-state index in [-0.39, 0.29) is 0 Å². The highest BCUT2D eigenvalue weighted by atomic mass is 35.5. The Morgan fingerprint density at radius 3 is 2.96 bits per heavy atom. The molecule has 5 heteroatoms. The van der Waals surface area contributed by atoms with E-state index < -0.39 is 0 Å². The van der Waals surface area contributed by atoms with Crippen LogP contribution in [0.3, 0.4) is 0 Å². The van der Waals surface area contributed by atoms with E-state index in [9.17, 15) is 5.26 Å². The molecule has 2 aliphatic heterocycles. The van der Waals surface area contributed by atoms with Gasteiger partial charge in [-0.25, -0.2) is 4.98 Å². The summed E-state index contributed by atoms with van der Waals surface area (Å²) in [5.41, 5.74) is 1.81. The van der Waals surface area contributed by atoms with Crippen molar-refractivity contribution in [1.29, 1.82) is 5.26 Å². The highest BCUT2D eigenvalue weighted by Crippen LogP contribution is 2.30. The molecule has 0 N–H and O–H groups in total. The molecular formula is C22H23ClN4. The van der Waals surface area contributed by atoms with E-state index in [1.165, 1.54) is 19.3 Å². The molecule has 1 aromatic heterocycles. The quantitative estimate of drug-likeness (QED) is 0.795.